The largest absolute Gasteiger partial charge is 0.410 e. The normalized spacial score (nSPS) is 18.4. The summed E-state index contributed by atoms with van der Waals surface area (Å²) in [5.74, 6) is 1.10. The molecule has 0 atom stereocenters. The lowest BCUT2D eigenvalue weighted by atomic mass is 9.99. The number of benzene rings is 2. The van der Waals surface area contributed by atoms with E-state index in [1.54, 1.807) is 12.1 Å². The summed E-state index contributed by atoms with van der Waals surface area (Å²) in [7, 11) is 0. The molecule has 1 amide bonds. The first-order valence-corrected chi connectivity index (χ1v) is 11.2. The number of rotatable bonds is 4. The maximum absolute atomic E-state index is 11.1. The van der Waals surface area contributed by atoms with Crippen molar-refractivity contribution in [3.63, 3.8) is 0 Å². The van der Waals surface area contributed by atoms with E-state index in [2.05, 4.69) is 44.0 Å². The third-order valence-corrected chi connectivity index (χ3v) is 6.56. The molecule has 162 valence electrons. The topological polar surface area (TPSA) is 87.5 Å². The second kappa shape index (κ2) is 8.59. The lowest BCUT2D eigenvalue weighted by Gasteiger charge is -2.41. The molecule has 7 heteroatoms. The molecule has 0 radical (unpaired) electrons. The zero-order chi connectivity index (χ0) is 21.2. The first-order chi connectivity index (χ1) is 15.2. The summed E-state index contributed by atoms with van der Waals surface area (Å²) in [6, 6.07) is 14.7. The number of aromatic nitrogens is 2. The third kappa shape index (κ3) is 4.23. The van der Waals surface area contributed by atoms with Crippen LogP contribution in [0.3, 0.4) is 0 Å². The lowest BCUT2D eigenvalue weighted by molar-refractivity contribution is 0.141. The average Bonchev–Trinajstić information content (AvgIpc) is 3.25. The average molecular weight is 420 g/mol. The number of para-hydroxylation sites is 1. The molecule has 0 saturated carbocycles. The van der Waals surface area contributed by atoms with Gasteiger partial charge in [-0.2, -0.15) is 0 Å². The van der Waals surface area contributed by atoms with E-state index in [0.717, 1.165) is 36.0 Å². The van der Waals surface area contributed by atoms with Crippen molar-refractivity contribution in [2.75, 3.05) is 31.1 Å². The number of aromatic amines is 1. The molecular formula is C24H29N5O2. The second-order valence-electron chi connectivity index (χ2n) is 8.52. The number of nitrogens with two attached hydrogens (primary N) is 1. The van der Waals surface area contributed by atoms with E-state index in [9.17, 15) is 4.79 Å². The van der Waals surface area contributed by atoms with E-state index >= 15 is 0 Å². The fourth-order valence-corrected chi connectivity index (χ4v) is 4.94. The Morgan fingerprint density at radius 2 is 1.74 bits per heavy atom. The van der Waals surface area contributed by atoms with Crippen LogP contribution in [0.4, 0.5) is 10.5 Å². The van der Waals surface area contributed by atoms with E-state index < -0.39 is 6.09 Å². The van der Waals surface area contributed by atoms with E-state index in [4.69, 9.17) is 10.5 Å². The Morgan fingerprint density at radius 1 is 1.00 bits per heavy atom. The molecule has 3 aromatic rings. The Balaban J connectivity index is 1.28. The number of nitrogens with one attached hydrogen (secondary N) is 1. The predicted octanol–water partition coefficient (Wildman–Crippen LogP) is 4.14. The van der Waals surface area contributed by atoms with Gasteiger partial charge in [0.05, 0.1) is 5.52 Å². The van der Waals surface area contributed by atoms with Crippen LogP contribution >= 0.6 is 0 Å². The minimum Gasteiger partial charge on any atom is -0.408 e. The number of carbonyl (C=O) groups is 1. The summed E-state index contributed by atoms with van der Waals surface area (Å²) in [5.41, 5.74) is 8.82. The molecule has 1 aromatic heterocycles. The number of fused-ring (bicyclic) bond motifs is 1. The molecule has 3 heterocycles. The van der Waals surface area contributed by atoms with Crippen molar-refractivity contribution in [1.29, 1.82) is 0 Å². The van der Waals surface area contributed by atoms with Gasteiger partial charge in [0.25, 0.3) is 0 Å². The number of anilines is 1. The van der Waals surface area contributed by atoms with Crippen LogP contribution in [0.25, 0.3) is 22.4 Å². The number of hydrogen-bond acceptors (Lipinski definition) is 5. The highest BCUT2D eigenvalue weighted by molar-refractivity contribution is 5.87. The number of hydrogen-bond donors (Lipinski definition) is 2. The monoisotopic (exact) mass is 419 g/mol. The van der Waals surface area contributed by atoms with Crippen LogP contribution in [0.5, 0.6) is 5.75 Å². The molecule has 2 fully saturated rings. The number of H-pyrrole nitrogens is 1. The van der Waals surface area contributed by atoms with E-state index in [-0.39, 0.29) is 0 Å². The summed E-state index contributed by atoms with van der Waals surface area (Å²) in [6.45, 7) is 4.78. The lowest BCUT2D eigenvalue weighted by Crippen LogP contribution is -2.46. The quantitative estimate of drug-likeness (QED) is 0.664. The Bertz CT molecular complexity index is 1050. The van der Waals surface area contributed by atoms with Gasteiger partial charge in [-0.3, -0.25) is 0 Å². The molecule has 2 aliphatic heterocycles. The number of ether oxygens (including phenoxy) is 1. The molecular weight excluding hydrogens is 390 g/mol. The van der Waals surface area contributed by atoms with Crippen LogP contribution in [-0.2, 0) is 0 Å². The minimum absolute atomic E-state index is 0.362. The van der Waals surface area contributed by atoms with Gasteiger partial charge >= 0.3 is 6.09 Å². The standard InChI is InChI=1S/C24H29N5O2/c25-24(30)31-21-6-4-5-20-22(21)27-23(26-20)17-7-9-18(10-8-17)29-15-11-19(12-16-29)28-13-2-1-3-14-28/h4-10,19H,1-3,11-16H2,(H2,25,30)(H,26,27). The number of amides is 1. The Morgan fingerprint density at radius 3 is 2.45 bits per heavy atom. The van der Waals surface area contributed by atoms with Crippen LogP contribution in [-0.4, -0.2) is 53.2 Å². The highest BCUT2D eigenvalue weighted by Crippen LogP contribution is 2.30. The summed E-state index contributed by atoms with van der Waals surface area (Å²) >= 11 is 0. The van der Waals surface area contributed by atoms with Crippen LogP contribution in [0, 0.1) is 0 Å². The molecule has 2 aliphatic rings. The first kappa shape index (κ1) is 19.9. The van der Waals surface area contributed by atoms with Gasteiger partial charge in [0, 0.05) is 30.4 Å². The van der Waals surface area contributed by atoms with Gasteiger partial charge in [-0.25, -0.2) is 9.78 Å². The smallest absolute Gasteiger partial charge is 0.408 e. The molecule has 5 rings (SSSR count). The van der Waals surface area contributed by atoms with Gasteiger partial charge < -0.3 is 25.3 Å². The van der Waals surface area contributed by atoms with Crippen molar-refractivity contribution < 1.29 is 9.53 Å². The van der Waals surface area contributed by atoms with Crippen molar-refractivity contribution in [2.45, 2.75) is 38.1 Å². The summed E-state index contributed by atoms with van der Waals surface area (Å²) in [4.78, 5) is 24.3. The Labute approximate surface area is 182 Å². The molecule has 3 N–H and O–H groups in total. The Kier molecular flexibility index (Phi) is 5.51. The van der Waals surface area contributed by atoms with E-state index in [0.29, 0.717) is 11.3 Å². The van der Waals surface area contributed by atoms with Crippen LogP contribution in [0.2, 0.25) is 0 Å². The van der Waals surface area contributed by atoms with Gasteiger partial charge in [0.1, 0.15) is 11.3 Å². The number of primary amides is 1. The van der Waals surface area contributed by atoms with Crippen LogP contribution in [0.15, 0.2) is 42.5 Å². The maximum Gasteiger partial charge on any atom is 0.410 e. The highest BCUT2D eigenvalue weighted by atomic mass is 16.5. The van der Waals surface area contributed by atoms with E-state index in [1.807, 2.05) is 6.07 Å². The van der Waals surface area contributed by atoms with Crippen LogP contribution < -0.4 is 15.4 Å². The van der Waals surface area contributed by atoms with Gasteiger partial charge in [-0.1, -0.05) is 12.5 Å². The van der Waals surface area contributed by atoms with Crippen molar-refractivity contribution in [1.82, 2.24) is 14.9 Å². The zero-order valence-corrected chi connectivity index (χ0v) is 17.7. The second-order valence-corrected chi connectivity index (χ2v) is 8.52. The van der Waals surface area contributed by atoms with E-state index in [1.165, 1.54) is 50.9 Å². The Hall–Kier alpha value is -3.06. The maximum atomic E-state index is 11.1. The van der Waals surface area contributed by atoms with Gasteiger partial charge in [0.15, 0.2) is 5.75 Å². The third-order valence-electron chi connectivity index (χ3n) is 6.56. The number of imidazole rings is 1. The number of likely N-dealkylation sites (tertiary alicyclic amines) is 1. The molecule has 0 bridgehead atoms. The number of piperidine rings is 2. The molecule has 0 aliphatic carbocycles. The van der Waals surface area contributed by atoms with Crippen LogP contribution in [0.1, 0.15) is 32.1 Å². The zero-order valence-electron chi connectivity index (χ0n) is 17.7. The fraction of sp³-hybridized carbons (Fsp3) is 0.417. The molecule has 31 heavy (non-hydrogen) atoms. The van der Waals surface area contributed by atoms with Crippen molar-refractivity contribution in [2.24, 2.45) is 5.73 Å². The van der Waals surface area contributed by atoms with Gasteiger partial charge in [-0.05, 0) is 75.2 Å². The molecule has 2 aromatic carbocycles. The summed E-state index contributed by atoms with van der Waals surface area (Å²) < 4.78 is 5.07. The van der Waals surface area contributed by atoms with Crippen molar-refractivity contribution in [3.05, 3.63) is 42.5 Å². The molecule has 0 spiro atoms. The highest BCUT2D eigenvalue weighted by Gasteiger charge is 2.25. The SMILES string of the molecule is NC(=O)Oc1cccc2[nH]c(-c3ccc(N4CCC(N5CCCCC5)CC4)cc3)nc12. The molecule has 0 unspecified atom stereocenters. The summed E-state index contributed by atoms with van der Waals surface area (Å²) in [6.07, 6.45) is 5.76. The first-order valence-electron chi connectivity index (χ1n) is 11.2. The van der Waals surface area contributed by atoms with Gasteiger partial charge in [-0.15, -0.1) is 0 Å². The number of nitrogens with zero attached hydrogens (tertiary/aromatic N) is 3. The number of carbonyl (C=O) groups excluding carboxylic acids is 1. The van der Waals surface area contributed by atoms with Gasteiger partial charge in [0.2, 0.25) is 0 Å². The minimum atomic E-state index is -0.842. The van der Waals surface area contributed by atoms with Crippen molar-refractivity contribution in [3.8, 4) is 17.1 Å². The fourth-order valence-electron chi connectivity index (χ4n) is 4.94. The molecule has 7 nitrogen and oxygen atoms in total. The summed E-state index contributed by atoms with van der Waals surface area (Å²) in [5, 5.41) is 0. The van der Waals surface area contributed by atoms with Crippen molar-refractivity contribution >= 4 is 22.8 Å². The predicted molar refractivity (Wildman–Crippen MR) is 122 cm³/mol. The molecule has 2 saturated heterocycles.